The number of nitrogens with one attached hydrogen (secondary N) is 9. The molecule has 9 N–H and O–H groups in total. The van der Waals surface area contributed by atoms with E-state index in [1.807, 2.05) is 50.2 Å². The number of Topliss-reactive ketones (excluding diaryl/α,β-unsaturated/α-hetero) is 1. The molecule has 0 bridgehead atoms. The summed E-state index contributed by atoms with van der Waals surface area (Å²) in [6, 6.07) is 25.4. The maximum absolute atomic E-state index is 12.4. The Morgan fingerprint density at radius 2 is 0.837 bits per heavy atom. The Morgan fingerprint density at radius 3 is 1.19 bits per heavy atom. The van der Waals surface area contributed by atoms with Crippen LogP contribution in [-0.2, 0) is 19.2 Å². The summed E-state index contributed by atoms with van der Waals surface area (Å²) in [6.07, 6.45) is 16.5. The number of ketones is 1. The van der Waals surface area contributed by atoms with Crippen molar-refractivity contribution in [3.63, 3.8) is 0 Å². The lowest BCUT2D eigenvalue weighted by Gasteiger charge is -2.46. The monoisotopic (exact) mass is 1170 g/mol. The van der Waals surface area contributed by atoms with Crippen molar-refractivity contribution >= 4 is 73.7 Å². The summed E-state index contributed by atoms with van der Waals surface area (Å²) in [5.74, 6) is 4.37. The van der Waals surface area contributed by atoms with Crippen molar-refractivity contribution in [1.82, 2.24) is 66.2 Å². The smallest absolute Gasteiger partial charge is 0.239 e. The summed E-state index contributed by atoms with van der Waals surface area (Å²) < 4.78 is 0. The Morgan fingerprint density at radius 1 is 0.477 bits per heavy atom. The highest BCUT2D eigenvalue weighted by atomic mass is 16.2. The van der Waals surface area contributed by atoms with Gasteiger partial charge in [0.05, 0.1) is 54.3 Å². The van der Waals surface area contributed by atoms with Crippen LogP contribution >= 0.6 is 0 Å². The van der Waals surface area contributed by atoms with Crippen LogP contribution in [0.5, 0.6) is 0 Å². The fourth-order valence-corrected chi connectivity index (χ4v) is 13.8. The highest BCUT2D eigenvalue weighted by Gasteiger charge is 2.38. The van der Waals surface area contributed by atoms with Gasteiger partial charge < -0.3 is 31.9 Å². The summed E-state index contributed by atoms with van der Waals surface area (Å²) >= 11 is 0. The van der Waals surface area contributed by atoms with E-state index in [1.165, 1.54) is 68.1 Å². The fraction of sp³-hybridized carbons (Fsp3) is 0.545. The Hall–Kier alpha value is -7.42. The zero-order valence-electron chi connectivity index (χ0n) is 51.2. The van der Waals surface area contributed by atoms with Gasteiger partial charge in [-0.05, 0) is 172 Å². The molecule has 6 aliphatic rings. The number of H-pyrrole nitrogens is 3. The molecule has 0 spiro atoms. The van der Waals surface area contributed by atoms with E-state index in [1.54, 1.807) is 6.92 Å². The number of carbonyl (C=O) groups is 4. The minimum absolute atomic E-state index is 0.00580. The Labute approximate surface area is 505 Å². The number of amides is 3. The Balaban J connectivity index is 0.000000135. The SMILES string of the molecule is CC(=O)C1CCC(N2CC(NC(=O)CNc3n[nH]c4ccc(C)cc34)C2)CC1.Cc1ccc2[nH]nc(NCC(=O)NC3CN(C4CCC(C)CC4)C3)c2c1.Cc1ccc2[nH]nc(NCC(=O)NC3CN(C4CCC(c5ccc(C)nc5)CC4)C3)c2c1. The third kappa shape index (κ3) is 15.2. The minimum Gasteiger partial charge on any atom is -0.359 e. The van der Waals surface area contributed by atoms with Crippen molar-refractivity contribution in [2.45, 2.75) is 161 Å². The Bertz CT molecular complexity index is 3420. The molecule has 7 heterocycles. The molecule has 3 aliphatic heterocycles. The number of hydrogen-bond acceptors (Lipinski definition) is 14. The van der Waals surface area contributed by atoms with Gasteiger partial charge >= 0.3 is 0 Å². The van der Waals surface area contributed by atoms with E-state index in [4.69, 9.17) is 0 Å². The molecule has 20 nitrogen and oxygen atoms in total. The number of aryl methyl sites for hydroxylation is 4. The molecule has 7 aromatic rings. The molecular weight excluding hydrogens is 1080 g/mol. The highest BCUT2D eigenvalue weighted by molar-refractivity contribution is 5.94. The summed E-state index contributed by atoms with van der Waals surface area (Å²) in [6.45, 7) is 18.7. The van der Waals surface area contributed by atoms with Gasteiger partial charge in [0.2, 0.25) is 17.7 Å². The number of anilines is 3. The number of pyridine rings is 1. The van der Waals surface area contributed by atoms with Gasteiger partial charge in [0.25, 0.3) is 0 Å². The molecule has 3 amide bonds. The minimum atomic E-state index is -0.00580. The third-order valence-corrected chi connectivity index (χ3v) is 19.1. The number of rotatable bonds is 17. The first-order valence-electron chi connectivity index (χ1n) is 31.7. The largest absolute Gasteiger partial charge is 0.359 e. The van der Waals surface area contributed by atoms with Crippen LogP contribution < -0.4 is 31.9 Å². The van der Waals surface area contributed by atoms with Gasteiger partial charge in [0.15, 0.2) is 17.5 Å². The van der Waals surface area contributed by atoms with Crippen LogP contribution in [0.25, 0.3) is 32.7 Å². The van der Waals surface area contributed by atoms with E-state index in [0.29, 0.717) is 35.6 Å². The molecular formula is C66H90N16O4. The van der Waals surface area contributed by atoms with Gasteiger partial charge in [-0.15, -0.1) is 0 Å². The lowest BCUT2D eigenvalue weighted by Crippen LogP contribution is -2.63. The predicted octanol–water partition coefficient (Wildman–Crippen LogP) is 8.41. The molecule has 3 saturated carbocycles. The maximum atomic E-state index is 12.4. The van der Waals surface area contributed by atoms with Gasteiger partial charge in [-0.2, -0.15) is 15.3 Å². The van der Waals surface area contributed by atoms with Gasteiger partial charge in [-0.25, -0.2) is 0 Å². The molecule has 3 aromatic carbocycles. The van der Waals surface area contributed by atoms with Crippen molar-refractivity contribution in [1.29, 1.82) is 0 Å². The molecule has 458 valence electrons. The summed E-state index contributed by atoms with van der Waals surface area (Å²) in [7, 11) is 0. The van der Waals surface area contributed by atoms with Crippen LogP contribution in [0.4, 0.5) is 17.5 Å². The highest BCUT2D eigenvalue weighted by Crippen LogP contribution is 2.37. The number of fused-ring (bicyclic) bond motifs is 3. The fourth-order valence-electron chi connectivity index (χ4n) is 13.8. The first-order valence-corrected chi connectivity index (χ1v) is 31.7. The molecule has 6 fully saturated rings. The zero-order valence-corrected chi connectivity index (χ0v) is 51.2. The van der Waals surface area contributed by atoms with Crippen molar-refractivity contribution in [2.24, 2.45) is 11.8 Å². The van der Waals surface area contributed by atoms with Crippen molar-refractivity contribution in [2.75, 3.05) is 74.9 Å². The van der Waals surface area contributed by atoms with E-state index in [-0.39, 0.29) is 55.4 Å². The van der Waals surface area contributed by atoms with E-state index in [9.17, 15) is 19.2 Å². The second-order valence-corrected chi connectivity index (χ2v) is 25.8. The second kappa shape index (κ2) is 27.5. The van der Waals surface area contributed by atoms with E-state index in [0.717, 1.165) is 133 Å². The van der Waals surface area contributed by atoms with Gasteiger partial charge in [0.1, 0.15) is 5.78 Å². The zero-order chi connectivity index (χ0) is 59.8. The quantitative estimate of drug-likeness (QED) is 0.0416. The molecule has 0 unspecified atom stereocenters. The average molecular weight is 1170 g/mol. The van der Waals surface area contributed by atoms with Crippen molar-refractivity contribution in [3.05, 3.63) is 101 Å². The molecule has 13 rings (SSSR count). The van der Waals surface area contributed by atoms with E-state index >= 15 is 0 Å². The van der Waals surface area contributed by atoms with E-state index < -0.39 is 0 Å². The normalized spacial score (nSPS) is 23.1. The number of benzene rings is 3. The van der Waals surface area contributed by atoms with Crippen LogP contribution in [0.2, 0.25) is 0 Å². The number of hydrogen-bond donors (Lipinski definition) is 9. The first kappa shape index (κ1) is 60.3. The first-order chi connectivity index (χ1) is 41.6. The third-order valence-electron chi connectivity index (χ3n) is 19.1. The molecule has 86 heavy (non-hydrogen) atoms. The number of likely N-dealkylation sites (tertiary alicyclic amines) is 3. The topological polar surface area (TPSA) is 249 Å². The average Bonchev–Trinajstić information content (AvgIpc) is 4.23. The number of aromatic amines is 3. The van der Waals surface area contributed by atoms with Crippen LogP contribution in [0.3, 0.4) is 0 Å². The number of carbonyl (C=O) groups excluding carboxylic acids is 4. The van der Waals surface area contributed by atoms with E-state index in [2.05, 4.69) is 139 Å². The van der Waals surface area contributed by atoms with Crippen LogP contribution in [0, 0.1) is 39.5 Å². The summed E-state index contributed by atoms with van der Waals surface area (Å²) in [4.78, 5) is 60.4. The predicted molar refractivity (Wildman–Crippen MR) is 340 cm³/mol. The Kier molecular flexibility index (Phi) is 19.3. The van der Waals surface area contributed by atoms with Crippen LogP contribution in [0.1, 0.15) is 125 Å². The second-order valence-electron chi connectivity index (χ2n) is 25.8. The number of nitrogens with zero attached hydrogens (tertiary/aromatic N) is 7. The molecule has 0 radical (unpaired) electrons. The molecule has 3 aliphatic carbocycles. The van der Waals surface area contributed by atoms with Crippen molar-refractivity contribution in [3.8, 4) is 0 Å². The number of aromatic nitrogens is 7. The lowest BCUT2D eigenvalue weighted by atomic mass is 9.81. The maximum Gasteiger partial charge on any atom is 0.239 e. The van der Waals surface area contributed by atoms with Crippen molar-refractivity contribution < 1.29 is 19.2 Å². The van der Waals surface area contributed by atoms with Gasteiger partial charge in [0, 0.05) is 91.4 Å². The molecule has 3 saturated heterocycles. The lowest BCUT2D eigenvalue weighted by molar-refractivity contribution is -0.123. The van der Waals surface area contributed by atoms with Gasteiger partial charge in [-0.3, -0.25) is 54.2 Å². The van der Waals surface area contributed by atoms with Crippen LogP contribution in [-0.4, -0.2) is 169 Å². The van der Waals surface area contributed by atoms with Crippen LogP contribution in [0.15, 0.2) is 72.9 Å². The molecule has 0 atom stereocenters. The molecule has 20 heteroatoms. The molecule has 4 aromatic heterocycles. The van der Waals surface area contributed by atoms with Gasteiger partial charge in [-0.1, -0.05) is 47.9 Å². The standard InChI is InChI=1S/C25H32N6O.C21H29N5O2.C20H29N5O/c1-16-3-10-23-22(11-16)25(30-29-23)27-13-24(32)28-20-14-31(15-20)21-8-6-18(7-9-21)19-5-4-17(2)26-12-19;1-13-3-8-19-18(9-13)21(25-24-19)22-10-20(28)23-16-11-26(12-16)17-6-4-15(5-7-17)14(2)27;1-13-3-6-16(7-4-13)25-11-15(12-25)22-19(26)10-21-20-17-9-14(2)5-8-18(17)23-24-20/h3-5,10-12,18,20-21H,6-9,13-15H2,1-2H3,(H,28,32)(H2,27,29,30);3,8-9,15-17H,4-7,10-12H2,1-2H3,(H,23,28)(H2,22,24,25);5,8-9,13,15-16H,3-4,6-7,10-12H2,1-2H3,(H,22,26)(H2,21,23,24). The summed E-state index contributed by atoms with van der Waals surface area (Å²) in [5.41, 5.74) is 8.89. The summed E-state index contributed by atoms with van der Waals surface area (Å²) in [5, 5.41) is 43.7.